The van der Waals surface area contributed by atoms with Crippen LogP contribution in [-0.4, -0.2) is 12.0 Å². The summed E-state index contributed by atoms with van der Waals surface area (Å²) >= 11 is 0. The summed E-state index contributed by atoms with van der Waals surface area (Å²) in [5, 5.41) is 2.74. The number of benzene rings is 2. The van der Waals surface area contributed by atoms with Gasteiger partial charge in [0.15, 0.2) is 6.10 Å². The highest BCUT2D eigenvalue weighted by Gasteiger charge is 2.18. The van der Waals surface area contributed by atoms with Crippen LogP contribution in [0.1, 0.15) is 18.9 Å². The molecule has 5 heteroatoms. The zero-order chi connectivity index (χ0) is 15.9. The standard InChI is InChI=1S/C17H17F2NO2/c1-2-16(22-15-9-7-14(19)8-10-15)17(21)20-11-12-3-5-13(18)6-4-12/h3-10,16H,2,11H2,1H3,(H,20,21)/t16-/m0/s1. The first-order valence-corrected chi connectivity index (χ1v) is 7.03. The van der Waals surface area contributed by atoms with Crippen LogP contribution in [0.5, 0.6) is 5.75 Å². The number of hydrogen-bond acceptors (Lipinski definition) is 2. The molecule has 0 saturated carbocycles. The monoisotopic (exact) mass is 305 g/mol. The smallest absolute Gasteiger partial charge is 0.261 e. The fourth-order valence-corrected chi connectivity index (χ4v) is 1.90. The van der Waals surface area contributed by atoms with E-state index in [0.717, 1.165) is 5.56 Å². The van der Waals surface area contributed by atoms with E-state index in [1.165, 1.54) is 36.4 Å². The number of carbonyl (C=O) groups is 1. The number of hydrogen-bond donors (Lipinski definition) is 1. The predicted octanol–water partition coefficient (Wildman–Crippen LogP) is 3.44. The molecule has 22 heavy (non-hydrogen) atoms. The summed E-state index contributed by atoms with van der Waals surface area (Å²) < 4.78 is 31.2. The molecule has 0 bridgehead atoms. The lowest BCUT2D eigenvalue weighted by molar-refractivity contribution is -0.128. The third-order valence-corrected chi connectivity index (χ3v) is 3.14. The van der Waals surface area contributed by atoms with Gasteiger partial charge in [-0.15, -0.1) is 0 Å². The maximum Gasteiger partial charge on any atom is 0.261 e. The molecule has 3 nitrogen and oxygen atoms in total. The summed E-state index contributed by atoms with van der Waals surface area (Å²) in [6.07, 6.45) is -0.182. The van der Waals surface area contributed by atoms with Crippen molar-refractivity contribution >= 4 is 5.91 Å². The average molecular weight is 305 g/mol. The normalized spacial score (nSPS) is 11.8. The summed E-state index contributed by atoms with van der Waals surface area (Å²) in [4.78, 5) is 12.1. The van der Waals surface area contributed by atoms with Crippen molar-refractivity contribution in [1.29, 1.82) is 0 Å². The van der Waals surface area contributed by atoms with Crippen molar-refractivity contribution < 1.29 is 18.3 Å². The molecule has 0 unspecified atom stereocenters. The summed E-state index contributed by atoms with van der Waals surface area (Å²) in [6.45, 7) is 2.12. The molecule has 0 radical (unpaired) electrons. The van der Waals surface area contributed by atoms with Gasteiger partial charge in [0.1, 0.15) is 17.4 Å². The van der Waals surface area contributed by atoms with Crippen molar-refractivity contribution in [1.82, 2.24) is 5.32 Å². The maximum atomic E-state index is 12.8. The molecule has 0 fully saturated rings. The van der Waals surface area contributed by atoms with Gasteiger partial charge in [0.05, 0.1) is 0 Å². The van der Waals surface area contributed by atoms with E-state index in [2.05, 4.69) is 5.32 Å². The Hall–Kier alpha value is -2.43. The second-order valence-corrected chi connectivity index (χ2v) is 4.81. The Morgan fingerprint density at radius 2 is 1.59 bits per heavy atom. The first-order chi connectivity index (χ1) is 10.6. The van der Waals surface area contributed by atoms with E-state index in [1.54, 1.807) is 12.1 Å². The van der Waals surface area contributed by atoms with Gasteiger partial charge in [-0.05, 0) is 48.4 Å². The van der Waals surface area contributed by atoms with Gasteiger partial charge in [-0.1, -0.05) is 19.1 Å². The van der Waals surface area contributed by atoms with Crippen LogP contribution in [0, 0.1) is 11.6 Å². The van der Waals surface area contributed by atoms with Crippen LogP contribution in [0.4, 0.5) is 8.78 Å². The van der Waals surface area contributed by atoms with Crippen LogP contribution in [0.15, 0.2) is 48.5 Å². The molecule has 0 saturated heterocycles. The molecule has 1 atom stereocenters. The fraction of sp³-hybridized carbons (Fsp3) is 0.235. The quantitative estimate of drug-likeness (QED) is 0.888. The third kappa shape index (κ3) is 4.55. The highest BCUT2D eigenvalue weighted by Crippen LogP contribution is 2.14. The highest BCUT2D eigenvalue weighted by atomic mass is 19.1. The van der Waals surface area contributed by atoms with E-state index < -0.39 is 6.10 Å². The number of amides is 1. The minimum atomic E-state index is -0.661. The lowest BCUT2D eigenvalue weighted by Gasteiger charge is -2.17. The predicted molar refractivity (Wildman–Crippen MR) is 79.4 cm³/mol. The minimum Gasteiger partial charge on any atom is -0.481 e. The summed E-state index contributed by atoms with van der Waals surface area (Å²) in [5.74, 6) is -0.511. The van der Waals surface area contributed by atoms with Crippen LogP contribution in [0.3, 0.4) is 0 Å². The van der Waals surface area contributed by atoms with Crippen LogP contribution in [-0.2, 0) is 11.3 Å². The second kappa shape index (κ2) is 7.54. The fourth-order valence-electron chi connectivity index (χ4n) is 1.90. The topological polar surface area (TPSA) is 38.3 Å². The van der Waals surface area contributed by atoms with E-state index in [0.29, 0.717) is 18.7 Å². The van der Waals surface area contributed by atoms with E-state index in [4.69, 9.17) is 4.74 Å². The van der Waals surface area contributed by atoms with Crippen LogP contribution in [0.2, 0.25) is 0 Å². The molecule has 116 valence electrons. The van der Waals surface area contributed by atoms with Crippen molar-refractivity contribution in [3.05, 3.63) is 65.7 Å². The Morgan fingerprint density at radius 3 is 2.14 bits per heavy atom. The minimum absolute atomic E-state index is 0.267. The molecule has 1 N–H and O–H groups in total. The Bertz CT molecular complexity index is 612. The molecule has 2 rings (SSSR count). The molecular weight excluding hydrogens is 288 g/mol. The molecule has 0 aliphatic rings. The maximum absolute atomic E-state index is 12.8. The van der Waals surface area contributed by atoms with Crippen molar-refractivity contribution in [3.8, 4) is 5.75 Å². The second-order valence-electron chi connectivity index (χ2n) is 4.81. The summed E-state index contributed by atoms with van der Waals surface area (Å²) in [6, 6.07) is 11.4. The zero-order valence-electron chi connectivity index (χ0n) is 12.2. The van der Waals surface area contributed by atoms with E-state index >= 15 is 0 Å². The summed E-state index contributed by atoms with van der Waals surface area (Å²) in [5.41, 5.74) is 0.798. The number of nitrogens with one attached hydrogen (secondary N) is 1. The molecule has 0 aromatic heterocycles. The Labute approximate surface area is 127 Å². The summed E-state index contributed by atoms with van der Waals surface area (Å²) in [7, 11) is 0. The van der Waals surface area contributed by atoms with E-state index in [-0.39, 0.29) is 17.5 Å². The largest absolute Gasteiger partial charge is 0.481 e. The van der Waals surface area contributed by atoms with Crippen molar-refractivity contribution in [2.75, 3.05) is 0 Å². The number of halogens is 2. The lowest BCUT2D eigenvalue weighted by Crippen LogP contribution is -2.37. The van der Waals surface area contributed by atoms with Crippen molar-refractivity contribution in [2.45, 2.75) is 26.0 Å². The van der Waals surface area contributed by atoms with Gasteiger partial charge >= 0.3 is 0 Å². The van der Waals surface area contributed by atoms with Gasteiger partial charge in [-0.2, -0.15) is 0 Å². The Balaban J connectivity index is 1.91. The Kier molecular flexibility index (Phi) is 5.47. The average Bonchev–Trinajstić information content (AvgIpc) is 2.53. The lowest BCUT2D eigenvalue weighted by atomic mass is 10.2. The molecule has 0 aliphatic carbocycles. The van der Waals surface area contributed by atoms with E-state index in [1.807, 2.05) is 6.92 Å². The molecule has 1 amide bonds. The van der Waals surface area contributed by atoms with Gasteiger partial charge in [-0.25, -0.2) is 8.78 Å². The van der Waals surface area contributed by atoms with Gasteiger partial charge in [0.2, 0.25) is 0 Å². The number of rotatable bonds is 6. The molecular formula is C17H17F2NO2. The van der Waals surface area contributed by atoms with Gasteiger partial charge in [0.25, 0.3) is 5.91 Å². The van der Waals surface area contributed by atoms with E-state index in [9.17, 15) is 13.6 Å². The zero-order valence-corrected chi connectivity index (χ0v) is 12.2. The SMILES string of the molecule is CC[C@H](Oc1ccc(F)cc1)C(=O)NCc1ccc(F)cc1. The number of carbonyl (C=O) groups excluding carboxylic acids is 1. The van der Waals surface area contributed by atoms with Crippen LogP contribution < -0.4 is 10.1 Å². The van der Waals surface area contributed by atoms with Gasteiger partial charge < -0.3 is 10.1 Å². The van der Waals surface area contributed by atoms with Crippen molar-refractivity contribution in [3.63, 3.8) is 0 Å². The molecule has 2 aromatic rings. The molecule has 2 aromatic carbocycles. The number of ether oxygens (including phenoxy) is 1. The Morgan fingerprint density at radius 1 is 1.05 bits per heavy atom. The van der Waals surface area contributed by atoms with Crippen LogP contribution >= 0.6 is 0 Å². The molecule has 0 aliphatic heterocycles. The highest BCUT2D eigenvalue weighted by molar-refractivity contribution is 5.81. The first-order valence-electron chi connectivity index (χ1n) is 7.03. The molecule has 0 spiro atoms. The third-order valence-electron chi connectivity index (χ3n) is 3.14. The van der Waals surface area contributed by atoms with Gasteiger partial charge in [0, 0.05) is 6.54 Å². The van der Waals surface area contributed by atoms with Gasteiger partial charge in [-0.3, -0.25) is 4.79 Å². The molecule has 0 heterocycles. The first kappa shape index (κ1) is 15.9. The van der Waals surface area contributed by atoms with Crippen LogP contribution in [0.25, 0.3) is 0 Å². The van der Waals surface area contributed by atoms with Crippen molar-refractivity contribution in [2.24, 2.45) is 0 Å².